The van der Waals surface area contributed by atoms with Crippen LogP contribution < -0.4 is 10.2 Å². The number of carbonyl (C=O) groups is 1. The van der Waals surface area contributed by atoms with Crippen molar-refractivity contribution in [3.05, 3.63) is 28.8 Å². The van der Waals surface area contributed by atoms with Gasteiger partial charge < -0.3 is 15.3 Å². The monoisotopic (exact) mass is 350 g/mol. The molecule has 1 saturated heterocycles. The molecule has 1 aliphatic heterocycles. The summed E-state index contributed by atoms with van der Waals surface area (Å²) in [5.41, 5.74) is 1.67. The van der Waals surface area contributed by atoms with Gasteiger partial charge in [0.1, 0.15) is 0 Å². The fourth-order valence-corrected chi connectivity index (χ4v) is 4.12. The van der Waals surface area contributed by atoms with Crippen LogP contribution in [0.1, 0.15) is 48.9 Å². The van der Waals surface area contributed by atoms with Gasteiger partial charge in [0, 0.05) is 31.8 Å². The molecule has 1 aliphatic carbocycles. The summed E-state index contributed by atoms with van der Waals surface area (Å²) >= 11 is 6.39. The zero-order chi connectivity index (χ0) is 16.9. The van der Waals surface area contributed by atoms with Crippen LogP contribution >= 0.6 is 11.6 Å². The lowest BCUT2D eigenvalue weighted by Crippen LogP contribution is -2.31. The largest absolute Gasteiger partial charge is 0.396 e. The maximum absolute atomic E-state index is 12.4. The lowest BCUT2D eigenvalue weighted by Gasteiger charge is -2.27. The standard InChI is InChI=1S/C19H27ClN2O2/c20-17-11-16(7-8-18(17)22-9-1-2-10-22)19(24)21-12-14-3-5-15(13-23)6-4-14/h7-8,11,14-15,23H,1-6,9-10,12-13H2,(H,21,24). The number of hydrogen-bond acceptors (Lipinski definition) is 3. The summed E-state index contributed by atoms with van der Waals surface area (Å²) in [6, 6.07) is 5.62. The normalized spacial score (nSPS) is 24.2. The molecule has 1 aromatic rings. The van der Waals surface area contributed by atoms with E-state index in [1.807, 2.05) is 12.1 Å². The first kappa shape index (κ1) is 17.6. The third-order valence-electron chi connectivity index (χ3n) is 5.43. The highest BCUT2D eigenvalue weighted by atomic mass is 35.5. The van der Waals surface area contributed by atoms with Crippen molar-refractivity contribution in [1.82, 2.24) is 5.32 Å². The van der Waals surface area contributed by atoms with E-state index in [4.69, 9.17) is 11.6 Å². The van der Waals surface area contributed by atoms with E-state index < -0.39 is 0 Å². The Morgan fingerprint density at radius 2 is 1.83 bits per heavy atom. The minimum atomic E-state index is -0.0471. The van der Waals surface area contributed by atoms with Crippen molar-refractivity contribution in [1.29, 1.82) is 0 Å². The lowest BCUT2D eigenvalue weighted by atomic mass is 9.82. The number of anilines is 1. The molecule has 3 rings (SSSR count). The number of hydrogen-bond donors (Lipinski definition) is 2. The van der Waals surface area contributed by atoms with Crippen molar-refractivity contribution in [2.24, 2.45) is 11.8 Å². The highest BCUT2D eigenvalue weighted by Crippen LogP contribution is 2.30. The maximum Gasteiger partial charge on any atom is 0.251 e. The first-order valence-corrected chi connectivity index (χ1v) is 9.48. The third kappa shape index (κ3) is 4.22. The van der Waals surface area contributed by atoms with Gasteiger partial charge in [-0.25, -0.2) is 0 Å². The van der Waals surface area contributed by atoms with E-state index >= 15 is 0 Å². The average Bonchev–Trinajstić information content (AvgIpc) is 3.14. The number of rotatable bonds is 5. The molecule has 1 heterocycles. The van der Waals surface area contributed by atoms with E-state index in [0.717, 1.165) is 44.5 Å². The third-order valence-corrected chi connectivity index (χ3v) is 5.74. The smallest absolute Gasteiger partial charge is 0.251 e. The van der Waals surface area contributed by atoms with Gasteiger partial charge in [-0.2, -0.15) is 0 Å². The molecule has 2 N–H and O–H groups in total. The minimum absolute atomic E-state index is 0.0471. The highest BCUT2D eigenvalue weighted by molar-refractivity contribution is 6.33. The highest BCUT2D eigenvalue weighted by Gasteiger charge is 2.21. The van der Waals surface area contributed by atoms with Crippen molar-refractivity contribution in [2.75, 3.05) is 31.1 Å². The summed E-state index contributed by atoms with van der Waals surface area (Å²) in [7, 11) is 0. The Kier molecular flexibility index (Phi) is 6.01. The number of carbonyl (C=O) groups excluding carboxylic acids is 1. The van der Waals surface area contributed by atoms with Crippen LogP contribution in [0.25, 0.3) is 0 Å². The van der Waals surface area contributed by atoms with Gasteiger partial charge in [0.15, 0.2) is 0 Å². The number of nitrogens with zero attached hydrogens (tertiary/aromatic N) is 1. The van der Waals surface area contributed by atoms with Crippen LogP contribution in [0.2, 0.25) is 5.02 Å². The number of aliphatic hydroxyl groups is 1. The summed E-state index contributed by atoms with van der Waals surface area (Å²) < 4.78 is 0. The summed E-state index contributed by atoms with van der Waals surface area (Å²) in [6.07, 6.45) is 6.70. The fraction of sp³-hybridized carbons (Fsp3) is 0.632. The molecule has 0 radical (unpaired) electrons. The second-order valence-electron chi connectivity index (χ2n) is 7.14. The van der Waals surface area contributed by atoms with Gasteiger partial charge in [-0.15, -0.1) is 0 Å². The lowest BCUT2D eigenvalue weighted by molar-refractivity contribution is 0.0937. The van der Waals surface area contributed by atoms with Gasteiger partial charge in [-0.05, 0) is 68.6 Å². The second kappa shape index (κ2) is 8.21. The predicted molar refractivity (Wildman–Crippen MR) is 97.8 cm³/mol. The Morgan fingerprint density at radius 1 is 1.17 bits per heavy atom. The predicted octanol–water partition coefficient (Wildman–Crippen LogP) is 3.47. The van der Waals surface area contributed by atoms with Crippen molar-refractivity contribution >= 4 is 23.2 Å². The molecule has 2 aliphatic rings. The second-order valence-corrected chi connectivity index (χ2v) is 7.55. The van der Waals surface area contributed by atoms with Crippen LogP contribution in [-0.4, -0.2) is 37.3 Å². The first-order chi connectivity index (χ1) is 11.7. The van der Waals surface area contributed by atoms with E-state index in [0.29, 0.717) is 35.6 Å². The molecule has 1 aromatic carbocycles. The van der Waals surface area contributed by atoms with Crippen LogP contribution in [-0.2, 0) is 0 Å². The summed E-state index contributed by atoms with van der Waals surface area (Å²) in [5.74, 6) is 0.930. The Balaban J connectivity index is 1.52. The van der Waals surface area contributed by atoms with Gasteiger partial charge >= 0.3 is 0 Å². The molecular weight excluding hydrogens is 324 g/mol. The van der Waals surface area contributed by atoms with E-state index in [-0.39, 0.29) is 5.91 Å². The molecule has 0 unspecified atom stereocenters. The SMILES string of the molecule is O=C(NCC1CCC(CO)CC1)c1ccc(N2CCCC2)c(Cl)c1. The summed E-state index contributed by atoms with van der Waals surface area (Å²) in [5, 5.41) is 12.9. The van der Waals surface area contributed by atoms with Crippen LogP contribution in [0.15, 0.2) is 18.2 Å². The minimum Gasteiger partial charge on any atom is -0.396 e. The van der Waals surface area contributed by atoms with Crippen molar-refractivity contribution in [2.45, 2.75) is 38.5 Å². The zero-order valence-corrected chi connectivity index (χ0v) is 14.9. The first-order valence-electron chi connectivity index (χ1n) is 9.11. The number of amides is 1. The molecular formula is C19H27ClN2O2. The molecule has 0 atom stereocenters. The number of halogens is 1. The summed E-state index contributed by atoms with van der Waals surface area (Å²) in [4.78, 5) is 14.7. The molecule has 0 bridgehead atoms. The summed E-state index contributed by atoms with van der Waals surface area (Å²) in [6.45, 7) is 3.09. The molecule has 24 heavy (non-hydrogen) atoms. The number of benzene rings is 1. The van der Waals surface area contributed by atoms with E-state index in [1.165, 1.54) is 12.8 Å². The van der Waals surface area contributed by atoms with E-state index in [2.05, 4.69) is 10.2 Å². The van der Waals surface area contributed by atoms with Gasteiger partial charge in [0.2, 0.25) is 0 Å². The van der Waals surface area contributed by atoms with Crippen LogP contribution in [0.4, 0.5) is 5.69 Å². The molecule has 5 heteroatoms. The maximum atomic E-state index is 12.4. The Hall–Kier alpha value is -1.26. The number of aliphatic hydroxyl groups excluding tert-OH is 1. The van der Waals surface area contributed by atoms with Gasteiger partial charge in [0.25, 0.3) is 5.91 Å². The molecule has 132 valence electrons. The molecule has 0 spiro atoms. The average molecular weight is 351 g/mol. The molecule has 0 aromatic heterocycles. The van der Waals surface area contributed by atoms with Crippen molar-refractivity contribution in [3.63, 3.8) is 0 Å². The number of nitrogens with one attached hydrogen (secondary N) is 1. The Morgan fingerprint density at radius 3 is 2.46 bits per heavy atom. The molecule has 1 amide bonds. The Labute approximate surface area is 149 Å². The Bertz CT molecular complexity index is 564. The van der Waals surface area contributed by atoms with Gasteiger partial charge in [-0.1, -0.05) is 11.6 Å². The van der Waals surface area contributed by atoms with Crippen molar-refractivity contribution < 1.29 is 9.90 Å². The molecule has 4 nitrogen and oxygen atoms in total. The van der Waals surface area contributed by atoms with Gasteiger partial charge in [-0.3, -0.25) is 4.79 Å². The van der Waals surface area contributed by atoms with Gasteiger partial charge in [0.05, 0.1) is 10.7 Å². The molecule has 1 saturated carbocycles. The van der Waals surface area contributed by atoms with Crippen LogP contribution in [0.3, 0.4) is 0 Å². The van der Waals surface area contributed by atoms with Crippen molar-refractivity contribution in [3.8, 4) is 0 Å². The zero-order valence-electron chi connectivity index (χ0n) is 14.1. The van der Waals surface area contributed by atoms with E-state index in [9.17, 15) is 9.90 Å². The quantitative estimate of drug-likeness (QED) is 0.855. The fourth-order valence-electron chi connectivity index (χ4n) is 3.82. The molecule has 2 fully saturated rings. The van der Waals surface area contributed by atoms with Crippen LogP contribution in [0, 0.1) is 11.8 Å². The van der Waals surface area contributed by atoms with Crippen LogP contribution in [0.5, 0.6) is 0 Å². The van der Waals surface area contributed by atoms with E-state index in [1.54, 1.807) is 6.07 Å². The topological polar surface area (TPSA) is 52.6 Å².